The highest BCUT2D eigenvalue weighted by Crippen LogP contribution is 2.03. The van der Waals surface area contributed by atoms with Crippen LogP contribution in [0.5, 0.6) is 0 Å². The summed E-state index contributed by atoms with van der Waals surface area (Å²) in [6.45, 7) is 3.77. The first-order valence-electron chi connectivity index (χ1n) is 5.16. The summed E-state index contributed by atoms with van der Waals surface area (Å²) in [5, 5.41) is 16.4. The van der Waals surface area contributed by atoms with E-state index in [0.29, 0.717) is 6.54 Å². The predicted molar refractivity (Wildman–Crippen MR) is 63.7 cm³/mol. The molecule has 0 fully saturated rings. The molecule has 0 unspecified atom stereocenters. The van der Waals surface area contributed by atoms with E-state index in [1.807, 2.05) is 5.38 Å². The number of aromatic nitrogens is 1. The number of rotatable bonds is 5. The standard InChI is InChI=1S/C10H15N3O3S/c1-6(2)8(9(14)15)13-10(16)12-5-7-11-3-4-17-7/h3-4,6,8H,5H2,1-2H3,(H,14,15)(H2,12,13,16)/t8-/m0/s1. The molecule has 1 atom stereocenters. The molecule has 0 saturated heterocycles. The van der Waals surface area contributed by atoms with Crippen molar-refractivity contribution in [1.82, 2.24) is 15.6 Å². The van der Waals surface area contributed by atoms with Crippen molar-refractivity contribution in [2.75, 3.05) is 0 Å². The normalized spacial score (nSPS) is 12.2. The summed E-state index contributed by atoms with van der Waals surface area (Å²) in [4.78, 5) is 26.3. The summed E-state index contributed by atoms with van der Waals surface area (Å²) in [6, 6.07) is -1.38. The third kappa shape index (κ3) is 4.39. The van der Waals surface area contributed by atoms with E-state index >= 15 is 0 Å². The second-order valence-electron chi connectivity index (χ2n) is 3.81. The third-order valence-corrected chi connectivity index (χ3v) is 2.88. The highest BCUT2D eigenvalue weighted by atomic mass is 32.1. The maximum absolute atomic E-state index is 11.4. The Morgan fingerprint density at radius 3 is 2.71 bits per heavy atom. The molecule has 17 heavy (non-hydrogen) atoms. The molecule has 0 bridgehead atoms. The molecule has 1 rings (SSSR count). The molecule has 2 amide bonds. The summed E-state index contributed by atoms with van der Waals surface area (Å²) in [5.74, 6) is -1.21. The van der Waals surface area contributed by atoms with Crippen LogP contribution in [-0.4, -0.2) is 28.1 Å². The number of urea groups is 1. The highest BCUT2D eigenvalue weighted by Gasteiger charge is 2.23. The summed E-state index contributed by atoms with van der Waals surface area (Å²) < 4.78 is 0. The van der Waals surface area contributed by atoms with Crippen LogP contribution in [0.3, 0.4) is 0 Å². The Morgan fingerprint density at radius 1 is 1.53 bits per heavy atom. The van der Waals surface area contributed by atoms with Crippen molar-refractivity contribution in [3.05, 3.63) is 16.6 Å². The lowest BCUT2D eigenvalue weighted by Crippen LogP contribution is -2.48. The largest absolute Gasteiger partial charge is 0.480 e. The van der Waals surface area contributed by atoms with Gasteiger partial charge in [0.25, 0.3) is 0 Å². The number of hydrogen-bond acceptors (Lipinski definition) is 4. The zero-order valence-electron chi connectivity index (χ0n) is 9.64. The van der Waals surface area contributed by atoms with E-state index in [1.54, 1.807) is 20.0 Å². The molecule has 0 aliphatic heterocycles. The van der Waals surface area contributed by atoms with Gasteiger partial charge in [0.15, 0.2) is 0 Å². The molecule has 94 valence electrons. The molecular weight excluding hydrogens is 242 g/mol. The number of carbonyl (C=O) groups excluding carboxylic acids is 1. The number of amides is 2. The molecule has 0 radical (unpaired) electrons. The average molecular weight is 257 g/mol. The van der Waals surface area contributed by atoms with Gasteiger partial charge in [-0.15, -0.1) is 11.3 Å². The minimum Gasteiger partial charge on any atom is -0.480 e. The number of carboxylic acid groups (broad SMARTS) is 1. The highest BCUT2D eigenvalue weighted by molar-refractivity contribution is 7.09. The van der Waals surface area contributed by atoms with Gasteiger partial charge in [-0.3, -0.25) is 0 Å². The van der Waals surface area contributed by atoms with Gasteiger partial charge < -0.3 is 15.7 Å². The molecule has 0 saturated carbocycles. The number of thiazole rings is 1. The Bertz CT molecular complexity index is 378. The molecule has 0 spiro atoms. The molecule has 1 aromatic heterocycles. The molecule has 3 N–H and O–H groups in total. The van der Waals surface area contributed by atoms with Gasteiger partial charge in [-0.1, -0.05) is 13.8 Å². The van der Waals surface area contributed by atoms with Gasteiger partial charge in [-0.2, -0.15) is 0 Å². The zero-order valence-corrected chi connectivity index (χ0v) is 10.5. The van der Waals surface area contributed by atoms with Crippen LogP contribution in [0.1, 0.15) is 18.9 Å². The Kier molecular flexibility index (Phi) is 4.89. The van der Waals surface area contributed by atoms with Crippen molar-refractivity contribution < 1.29 is 14.7 Å². The first-order chi connectivity index (χ1) is 8.00. The lowest BCUT2D eigenvalue weighted by molar-refractivity contribution is -0.140. The minimum atomic E-state index is -1.04. The Hall–Kier alpha value is -1.63. The van der Waals surface area contributed by atoms with Gasteiger partial charge in [0.05, 0.1) is 6.54 Å². The molecule has 7 heteroatoms. The van der Waals surface area contributed by atoms with E-state index in [4.69, 9.17) is 5.11 Å². The molecular formula is C10H15N3O3S. The van der Waals surface area contributed by atoms with Crippen LogP contribution in [0, 0.1) is 5.92 Å². The molecule has 6 nitrogen and oxygen atoms in total. The van der Waals surface area contributed by atoms with Gasteiger partial charge in [0.2, 0.25) is 0 Å². The Labute approximate surface area is 103 Å². The monoisotopic (exact) mass is 257 g/mol. The Balaban J connectivity index is 2.40. The first kappa shape index (κ1) is 13.4. The number of carboxylic acids is 1. The maximum atomic E-state index is 11.4. The van der Waals surface area contributed by atoms with E-state index in [2.05, 4.69) is 15.6 Å². The van der Waals surface area contributed by atoms with E-state index in [1.165, 1.54) is 11.3 Å². The molecule has 0 aliphatic carbocycles. The van der Waals surface area contributed by atoms with Gasteiger partial charge in [-0.05, 0) is 5.92 Å². The maximum Gasteiger partial charge on any atom is 0.326 e. The molecule has 1 heterocycles. The van der Waals surface area contributed by atoms with E-state index in [-0.39, 0.29) is 5.92 Å². The summed E-state index contributed by atoms with van der Waals surface area (Å²) in [5.41, 5.74) is 0. The number of hydrogen-bond donors (Lipinski definition) is 3. The van der Waals surface area contributed by atoms with Crippen LogP contribution in [0.4, 0.5) is 4.79 Å². The Morgan fingerprint density at radius 2 is 2.24 bits per heavy atom. The van der Waals surface area contributed by atoms with Crippen LogP contribution in [-0.2, 0) is 11.3 Å². The fraction of sp³-hybridized carbons (Fsp3) is 0.500. The van der Waals surface area contributed by atoms with Gasteiger partial charge in [-0.25, -0.2) is 14.6 Å². The van der Waals surface area contributed by atoms with Gasteiger partial charge >= 0.3 is 12.0 Å². The third-order valence-electron chi connectivity index (χ3n) is 2.10. The van der Waals surface area contributed by atoms with E-state index in [0.717, 1.165) is 5.01 Å². The van der Waals surface area contributed by atoms with Crippen molar-refractivity contribution in [3.8, 4) is 0 Å². The van der Waals surface area contributed by atoms with Crippen LogP contribution in [0.15, 0.2) is 11.6 Å². The quantitative estimate of drug-likeness (QED) is 0.735. The van der Waals surface area contributed by atoms with Crippen molar-refractivity contribution in [2.24, 2.45) is 5.92 Å². The number of carbonyl (C=O) groups is 2. The fourth-order valence-electron chi connectivity index (χ4n) is 1.20. The topological polar surface area (TPSA) is 91.3 Å². The van der Waals surface area contributed by atoms with E-state index < -0.39 is 18.0 Å². The average Bonchev–Trinajstić information content (AvgIpc) is 2.74. The summed E-state index contributed by atoms with van der Waals surface area (Å²) in [7, 11) is 0. The zero-order chi connectivity index (χ0) is 12.8. The smallest absolute Gasteiger partial charge is 0.326 e. The second-order valence-corrected chi connectivity index (χ2v) is 4.79. The second kappa shape index (κ2) is 6.19. The minimum absolute atomic E-state index is 0.168. The van der Waals surface area contributed by atoms with E-state index in [9.17, 15) is 9.59 Å². The fourth-order valence-corrected chi connectivity index (χ4v) is 1.76. The van der Waals surface area contributed by atoms with Crippen molar-refractivity contribution >= 4 is 23.3 Å². The number of nitrogens with zero attached hydrogens (tertiary/aromatic N) is 1. The first-order valence-corrected chi connectivity index (χ1v) is 6.04. The van der Waals surface area contributed by atoms with Crippen LogP contribution in [0.25, 0.3) is 0 Å². The number of nitrogens with one attached hydrogen (secondary N) is 2. The van der Waals surface area contributed by atoms with Gasteiger partial charge in [0.1, 0.15) is 11.0 Å². The van der Waals surface area contributed by atoms with Crippen molar-refractivity contribution in [3.63, 3.8) is 0 Å². The summed E-state index contributed by atoms with van der Waals surface area (Å²) >= 11 is 1.43. The van der Waals surface area contributed by atoms with Crippen LogP contribution < -0.4 is 10.6 Å². The predicted octanol–water partition coefficient (Wildman–Crippen LogP) is 1.05. The summed E-state index contributed by atoms with van der Waals surface area (Å²) in [6.07, 6.45) is 1.65. The lowest BCUT2D eigenvalue weighted by Gasteiger charge is -2.17. The molecule has 0 aliphatic rings. The lowest BCUT2D eigenvalue weighted by atomic mass is 10.1. The van der Waals surface area contributed by atoms with Gasteiger partial charge in [0, 0.05) is 11.6 Å². The van der Waals surface area contributed by atoms with Crippen molar-refractivity contribution in [1.29, 1.82) is 0 Å². The molecule has 1 aromatic rings. The van der Waals surface area contributed by atoms with Crippen LogP contribution in [0.2, 0.25) is 0 Å². The number of aliphatic carboxylic acids is 1. The molecule has 0 aromatic carbocycles. The van der Waals surface area contributed by atoms with Crippen molar-refractivity contribution in [2.45, 2.75) is 26.4 Å². The van der Waals surface area contributed by atoms with Crippen LogP contribution >= 0.6 is 11.3 Å². The SMILES string of the molecule is CC(C)[C@H](NC(=O)NCc1nccs1)C(=O)O.